The fourth-order valence-electron chi connectivity index (χ4n) is 2.24. The number of carbonyl (C=O) groups is 1. The summed E-state index contributed by atoms with van der Waals surface area (Å²) in [6, 6.07) is 12.9. The van der Waals surface area contributed by atoms with Crippen LogP contribution in [-0.2, 0) is 0 Å². The van der Waals surface area contributed by atoms with Crippen LogP contribution in [0, 0.1) is 5.82 Å². The Morgan fingerprint density at radius 2 is 1.96 bits per heavy atom. The summed E-state index contributed by atoms with van der Waals surface area (Å²) in [5.74, 6) is -0.192. The van der Waals surface area contributed by atoms with Crippen LogP contribution < -0.4 is 4.90 Å². The van der Waals surface area contributed by atoms with Gasteiger partial charge in [-0.2, -0.15) is 0 Å². The highest BCUT2D eigenvalue weighted by atomic mass is 35.5. The number of amidine groups is 1. The Balaban J connectivity index is 2.05. The van der Waals surface area contributed by atoms with Gasteiger partial charge in [-0.25, -0.2) is 4.39 Å². The van der Waals surface area contributed by atoms with Gasteiger partial charge in [-0.1, -0.05) is 35.5 Å². The molecule has 1 amide bonds. The van der Waals surface area contributed by atoms with Gasteiger partial charge in [-0.3, -0.25) is 14.7 Å². The van der Waals surface area contributed by atoms with Gasteiger partial charge >= 0.3 is 0 Å². The molecule has 1 atom stereocenters. The quantitative estimate of drug-likeness (QED) is 0.793. The Labute approximate surface area is 143 Å². The van der Waals surface area contributed by atoms with Gasteiger partial charge in [-0.15, -0.1) is 0 Å². The van der Waals surface area contributed by atoms with E-state index in [1.807, 2.05) is 6.92 Å². The molecule has 6 heteroatoms. The summed E-state index contributed by atoms with van der Waals surface area (Å²) in [7, 11) is 0. The molecule has 1 aliphatic heterocycles. The minimum atomic E-state index is -0.548. The molecule has 0 spiro atoms. The maximum Gasteiger partial charge on any atom is 0.267 e. The van der Waals surface area contributed by atoms with Crippen molar-refractivity contribution in [1.29, 1.82) is 0 Å². The molecule has 3 nitrogen and oxygen atoms in total. The highest BCUT2D eigenvalue weighted by Gasteiger charge is 2.28. The summed E-state index contributed by atoms with van der Waals surface area (Å²) in [5.41, 5.74) is 0.633. The third-order valence-corrected chi connectivity index (χ3v) is 4.82. The fourth-order valence-corrected chi connectivity index (χ4v) is 3.40. The average Bonchev–Trinajstić information content (AvgIpc) is 2.96. The lowest BCUT2D eigenvalue weighted by Crippen LogP contribution is -2.35. The first-order valence-corrected chi connectivity index (χ1v) is 8.48. The second-order valence-electron chi connectivity index (χ2n) is 5.17. The minimum Gasteiger partial charge on any atom is -0.268 e. The van der Waals surface area contributed by atoms with Crippen LogP contribution in [0.3, 0.4) is 0 Å². The second kappa shape index (κ2) is 6.72. The number of halogens is 2. The molecule has 23 heavy (non-hydrogen) atoms. The van der Waals surface area contributed by atoms with Crippen LogP contribution in [0.2, 0.25) is 5.02 Å². The van der Waals surface area contributed by atoms with Gasteiger partial charge in [-0.05, 0) is 43.3 Å². The molecule has 2 aromatic rings. The first-order valence-electron chi connectivity index (χ1n) is 7.11. The van der Waals surface area contributed by atoms with E-state index in [9.17, 15) is 9.18 Å². The number of anilines is 1. The number of hydrogen-bond donors (Lipinski definition) is 0. The van der Waals surface area contributed by atoms with Crippen molar-refractivity contribution in [1.82, 2.24) is 0 Å². The first-order chi connectivity index (χ1) is 11.1. The Bertz CT molecular complexity index is 763. The summed E-state index contributed by atoms with van der Waals surface area (Å²) in [6.07, 6.45) is 0. The van der Waals surface area contributed by atoms with Crippen molar-refractivity contribution in [2.75, 3.05) is 10.7 Å². The first kappa shape index (κ1) is 16.0. The molecule has 0 unspecified atom stereocenters. The number of thioether (sulfide) groups is 1. The zero-order valence-electron chi connectivity index (χ0n) is 12.4. The van der Waals surface area contributed by atoms with E-state index in [4.69, 9.17) is 11.6 Å². The normalized spacial score (nSPS) is 17.0. The summed E-state index contributed by atoms with van der Waals surface area (Å²) >= 11 is 7.41. The van der Waals surface area contributed by atoms with Crippen LogP contribution in [0.15, 0.2) is 53.5 Å². The van der Waals surface area contributed by atoms with Gasteiger partial charge in [0.25, 0.3) is 5.91 Å². The van der Waals surface area contributed by atoms with Gasteiger partial charge in [0.15, 0.2) is 5.17 Å². The van der Waals surface area contributed by atoms with Crippen molar-refractivity contribution in [3.05, 3.63) is 64.9 Å². The van der Waals surface area contributed by atoms with Crippen LogP contribution in [0.1, 0.15) is 17.3 Å². The van der Waals surface area contributed by atoms with Crippen LogP contribution >= 0.6 is 23.4 Å². The highest BCUT2D eigenvalue weighted by molar-refractivity contribution is 8.14. The second-order valence-corrected chi connectivity index (χ2v) is 6.59. The Hall–Kier alpha value is -1.85. The molecular formula is C17H14ClFN2OS. The number of aliphatic imine (C=N–C) groups is 1. The monoisotopic (exact) mass is 348 g/mol. The third kappa shape index (κ3) is 3.41. The smallest absolute Gasteiger partial charge is 0.267 e. The Morgan fingerprint density at radius 1 is 1.26 bits per heavy atom. The molecule has 0 saturated heterocycles. The summed E-state index contributed by atoms with van der Waals surface area (Å²) < 4.78 is 14.0. The summed E-state index contributed by atoms with van der Waals surface area (Å²) in [5, 5.41) is 1.15. The molecule has 0 aliphatic carbocycles. The SMILES string of the molecule is C[C@@H]1CSC(N(C(=O)c2ccccc2F)c2ccc(Cl)cc2)=N1. The van der Waals surface area contributed by atoms with Crippen LogP contribution in [0.4, 0.5) is 10.1 Å². The Morgan fingerprint density at radius 3 is 2.57 bits per heavy atom. The molecule has 0 N–H and O–H groups in total. The van der Waals surface area contributed by atoms with Crippen LogP contribution in [-0.4, -0.2) is 22.9 Å². The van der Waals surface area contributed by atoms with E-state index in [-0.39, 0.29) is 11.6 Å². The highest BCUT2D eigenvalue weighted by Crippen LogP contribution is 2.28. The van der Waals surface area contributed by atoms with Gasteiger partial charge in [0.05, 0.1) is 17.3 Å². The minimum absolute atomic E-state index is 0.0188. The van der Waals surface area contributed by atoms with Crippen molar-refractivity contribution in [3.8, 4) is 0 Å². The lowest BCUT2D eigenvalue weighted by molar-refractivity contribution is 0.0999. The summed E-state index contributed by atoms with van der Waals surface area (Å²) in [4.78, 5) is 18.8. The van der Waals surface area contributed by atoms with Crippen LogP contribution in [0.25, 0.3) is 0 Å². The van der Waals surface area contributed by atoms with Crippen molar-refractivity contribution < 1.29 is 9.18 Å². The van der Waals surface area contributed by atoms with E-state index in [0.29, 0.717) is 15.9 Å². The molecule has 3 rings (SSSR count). The molecule has 1 heterocycles. The van der Waals surface area contributed by atoms with Gasteiger partial charge in [0, 0.05) is 10.8 Å². The van der Waals surface area contributed by atoms with E-state index in [2.05, 4.69) is 4.99 Å². The zero-order valence-corrected chi connectivity index (χ0v) is 13.9. The molecule has 0 fully saturated rings. The molecule has 118 valence electrons. The standard InChI is InChI=1S/C17H14ClFN2OS/c1-11-10-23-17(20-11)21(13-8-6-12(18)7-9-13)16(22)14-4-2-3-5-15(14)19/h2-9,11H,10H2,1H3/t11-/m1/s1. The van der Waals surface area contributed by atoms with E-state index in [0.717, 1.165) is 5.75 Å². The predicted molar refractivity (Wildman–Crippen MR) is 94.0 cm³/mol. The van der Waals surface area contributed by atoms with Crippen molar-refractivity contribution in [2.45, 2.75) is 13.0 Å². The topological polar surface area (TPSA) is 32.7 Å². The fraction of sp³-hybridized carbons (Fsp3) is 0.176. The number of nitrogens with zero attached hydrogens (tertiary/aromatic N) is 2. The Kier molecular flexibility index (Phi) is 4.68. The van der Waals surface area contributed by atoms with Gasteiger partial charge < -0.3 is 0 Å². The van der Waals surface area contributed by atoms with Gasteiger partial charge in [0.1, 0.15) is 5.82 Å². The lowest BCUT2D eigenvalue weighted by atomic mass is 10.1. The molecule has 0 aromatic heterocycles. The third-order valence-electron chi connectivity index (χ3n) is 3.37. The van der Waals surface area contributed by atoms with Crippen molar-refractivity contribution in [3.63, 3.8) is 0 Å². The lowest BCUT2D eigenvalue weighted by Gasteiger charge is -2.22. The van der Waals surface area contributed by atoms with Crippen molar-refractivity contribution in [2.24, 2.45) is 4.99 Å². The van der Waals surface area contributed by atoms with Gasteiger partial charge in [0.2, 0.25) is 0 Å². The molecule has 2 aromatic carbocycles. The van der Waals surface area contributed by atoms with E-state index < -0.39 is 11.7 Å². The van der Waals surface area contributed by atoms with Crippen molar-refractivity contribution >= 4 is 40.1 Å². The van der Waals surface area contributed by atoms with E-state index in [1.54, 1.807) is 36.4 Å². The zero-order chi connectivity index (χ0) is 16.4. The van der Waals surface area contributed by atoms with Crippen LogP contribution in [0.5, 0.6) is 0 Å². The summed E-state index contributed by atoms with van der Waals surface area (Å²) in [6.45, 7) is 1.98. The van der Waals surface area contributed by atoms with E-state index in [1.165, 1.54) is 28.8 Å². The number of benzene rings is 2. The average molecular weight is 349 g/mol. The molecule has 0 radical (unpaired) electrons. The number of amides is 1. The number of carbonyl (C=O) groups excluding carboxylic acids is 1. The number of rotatable bonds is 2. The van der Waals surface area contributed by atoms with E-state index >= 15 is 0 Å². The number of hydrogen-bond acceptors (Lipinski definition) is 3. The molecule has 0 bridgehead atoms. The predicted octanol–water partition coefficient (Wildman–Crippen LogP) is 4.62. The maximum absolute atomic E-state index is 14.0. The molecular weight excluding hydrogens is 335 g/mol. The molecule has 1 aliphatic rings. The largest absolute Gasteiger partial charge is 0.268 e. The molecule has 0 saturated carbocycles. The maximum atomic E-state index is 14.0.